The molecule has 1 rings (SSSR count). The number of sulfonamides is 1. The molecule has 0 saturated heterocycles. The van der Waals surface area contributed by atoms with E-state index in [1.54, 1.807) is 6.07 Å². The van der Waals surface area contributed by atoms with Crippen molar-refractivity contribution in [3.63, 3.8) is 0 Å². The Hall–Kier alpha value is -1.11. The van der Waals surface area contributed by atoms with Gasteiger partial charge in [-0.2, -0.15) is 0 Å². The summed E-state index contributed by atoms with van der Waals surface area (Å²) in [5, 5.41) is 0. The van der Waals surface area contributed by atoms with Crippen molar-refractivity contribution in [1.29, 1.82) is 0 Å². The zero-order valence-corrected chi connectivity index (χ0v) is 10.8. The molecule has 0 spiro atoms. The summed E-state index contributed by atoms with van der Waals surface area (Å²) in [5.74, 6) is 0.691. The number of rotatable bonds is 6. The van der Waals surface area contributed by atoms with Crippen molar-refractivity contribution >= 4 is 10.0 Å². The topological polar surface area (TPSA) is 81.4 Å². The van der Waals surface area contributed by atoms with Gasteiger partial charge in [-0.3, -0.25) is 0 Å². The molecule has 0 aromatic heterocycles. The summed E-state index contributed by atoms with van der Waals surface area (Å²) in [4.78, 5) is 0. The largest absolute Gasteiger partial charge is 0.489 e. The lowest BCUT2D eigenvalue weighted by atomic mass is 10.2. The lowest BCUT2D eigenvalue weighted by molar-refractivity contribution is 0.229. The highest BCUT2D eigenvalue weighted by Crippen LogP contribution is 2.14. The van der Waals surface area contributed by atoms with E-state index in [0.29, 0.717) is 12.3 Å². The molecule has 17 heavy (non-hydrogen) atoms. The van der Waals surface area contributed by atoms with Gasteiger partial charge in [-0.05, 0) is 24.6 Å². The van der Waals surface area contributed by atoms with Crippen LogP contribution in [-0.4, -0.2) is 27.3 Å². The van der Waals surface area contributed by atoms with Crippen LogP contribution in [0, 0.1) is 0 Å². The first kappa shape index (κ1) is 14.0. The molecule has 0 bridgehead atoms. The number of hydrogen-bond acceptors (Lipinski definition) is 4. The third-order valence-corrected chi connectivity index (χ3v) is 2.77. The Kier molecular flexibility index (Phi) is 4.92. The average Bonchev–Trinajstić information content (AvgIpc) is 2.26. The molecule has 1 atom stereocenters. The molecule has 0 aliphatic carbocycles. The fourth-order valence-corrected chi connectivity index (χ4v) is 1.65. The van der Waals surface area contributed by atoms with Crippen molar-refractivity contribution in [2.75, 3.05) is 12.8 Å². The summed E-state index contributed by atoms with van der Waals surface area (Å²) in [6.07, 6.45) is 1.07. The second kappa shape index (κ2) is 6.00. The maximum atomic E-state index is 11.0. The van der Waals surface area contributed by atoms with Gasteiger partial charge in [-0.25, -0.2) is 13.1 Å². The van der Waals surface area contributed by atoms with E-state index in [-0.39, 0.29) is 12.6 Å². The van der Waals surface area contributed by atoms with Crippen LogP contribution in [0.1, 0.15) is 12.5 Å². The number of benzene rings is 1. The fraction of sp³-hybridized carbons (Fsp3) is 0.455. The second-order valence-electron chi connectivity index (χ2n) is 3.90. The number of nitrogens with one attached hydrogen (secondary N) is 1. The zero-order chi connectivity index (χ0) is 12.9. The molecule has 6 heteroatoms. The van der Waals surface area contributed by atoms with Crippen molar-refractivity contribution < 1.29 is 13.2 Å². The molecule has 0 aliphatic heterocycles. The van der Waals surface area contributed by atoms with E-state index < -0.39 is 10.0 Å². The summed E-state index contributed by atoms with van der Waals surface area (Å²) < 4.78 is 29.9. The molecule has 1 aromatic rings. The van der Waals surface area contributed by atoms with Crippen LogP contribution in [0.5, 0.6) is 5.75 Å². The summed E-state index contributed by atoms with van der Waals surface area (Å²) in [5.41, 5.74) is 6.30. The average molecular weight is 258 g/mol. The van der Waals surface area contributed by atoms with Gasteiger partial charge >= 0.3 is 0 Å². The molecule has 0 saturated carbocycles. The van der Waals surface area contributed by atoms with Crippen molar-refractivity contribution in [2.24, 2.45) is 5.73 Å². The molecule has 0 heterocycles. The maximum absolute atomic E-state index is 11.0. The molecule has 0 fully saturated rings. The van der Waals surface area contributed by atoms with Crippen molar-refractivity contribution in [1.82, 2.24) is 4.72 Å². The van der Waals surface area contributed by atoms with Gasteiger partial charge in [-0.15, -0.1) is 0 Å². The molecular weight excluding hydrogens is 240 g/mol. The predicted octanol–water partition coefficient (Wildman–Crippen LogP) is 0.462. The van der Waals surface area contributed by atoms with Crippen molar-refractivity contribution in [2.45, 2.75) is 19.6 Å². The Labute approximate surface area is 102 Å². The molecule has 0 radical (unpaired) electrons. The van der Waals surface area contributed by atoms with Crippen LogP contribution in [-0.2, 0) is 16.6 Å². The van der Waals surface area contributed by atoms with Gasteiger partial charge < -0.3 is 10.5 Å². The third-order valence-electron chi connectivity index (χ3n) is 2.11. The normalized spacial score (nSPS) is 13.4. The number of nitrogens with two attached hydrogens (primary N) is 1. The van der Waals surface area contributed by atoms with Gasteiger partial charge in [0.1, 0.15) is 11.9 Å². The first-order valence-corrected chi connectivity index (χ1v) is 7.20. The van der Waals surface area contributed by atoms with Gasteiger partial charge in [0.2, 0.25) is 10.0 Å². The van der Waals surface area contributed by atoms with Gasteiger partial charge in [-0.1, -0.05) is 12.1 Å². The Balaban J connectivity index is 2.66. The van der Waals surface area contributed by atoms with E-state index in [1.807, 2.05) is 25.1 Å². The second-order valence-corrected chi connectivity index (χ2v) is 5.74. The Morgan fingerprint density at radius 2 is 2.18 bits per heavy atom. The summed E-state index contributed by atoms with van der Waals surface area (Å²) in [6, 6.07) is 7.26. The maximum Gasteiger partial charge on any atom is 0.209 e. The zero-order valence-electron chi connectivity index (χ0n) is 10.0. The molecule has 1 unspecified atom stereocenters. The van der Waals surface area contributed by atoms with Crippen LogP contribution < -0.4 is 15.2 Å². The first-order chi connectivity index (χ1) is 7.90. The predicted molar refractivity (Wildman–Crippen MR) is 67.3 cm³/mol. The molecule has 0 aliphatic rings. The van der Waals surface area contributed by atoms with Gasteiger partial charge in [0.05, 0.1) is 6.26 Å². The number of hydrogen-bond donors (Lipinski definition) is 2. The third kappa shape index (κ3) is 5.67. The Morgan fingerprint density at radius 3 is 2.76 bits per heavy atom. The first-order valence-electron chi connectivity index (χ1n) is 5.31. The van der Waals surface area contributed by atoms with E-state index in [1.165, 1.54) is 0 Å². The molecule has 0 amide bonds. The van der Waals surface area contributed by atoms with Crippen LogP contribution in [0.15, 0.2) is 24.3 Å². The highest BCUT2D eigenvalue weighted by molar-refractivity contribution is 7.88. The van der Waals surface area contributed by atoms with E-state index in [4.69, 9.17) is 10.5 Å². The molecule has 3 N–H and O–H groups in total. The van der Waals surface area contributed by atoms with E-state index in [2.05, 4.69) is 4.72 Å². The lowest BCUT2D eigenvalue weighted by Gasteiger charge is -2.13. The minimum Gasteiger partial charge on any atom is -0.489 e. The number of ether oxygens (including phenoxy) is 1. The summed E-state index contributed by atoms with van der Waals surface area (Å²) >= 11 is 0. The SMILES string of the molecule is CC(CN)Oc1cccc(CNS(C)(=O)=O)c1. The van der Waals surface area contributed by atoms with E-state index in [9.17, 15) is 8.42 Å². The minimum absolute atomic E-state index is 0.0619. The highest BCUT2D eigenvalue weighted by Gasteiger charge is 2.04. The quantitative estimate of drug-likeness (QED) is 0.777. The lowest BCUT2D eigenvalue weighted by Crippen LogP contribution is -2.23. The highest BCUT2D eigenvalue weighted by atomic mass is 32.2. The summed E-state index contributed by atoms with van der Waals surface area (Å²) in [7, 11) is -3.17. The Morgan fingerprint density at radius 1 is 1.47 bits per heavy atom. The minimum atomic E-state index is -3.17. The van der Waals surface area contributed by atoms with Gasteiger partial charge in [0.25, 0.3) is 0 Å². The standard InChI is InChI=1S/C11H18N2O3S/c1-9(7-12)16-11-5-3-4-10(6-11)8-13-17(2,14)15/h3-6,9,13H,7-8,12H2,1-2H3. The molecular formula is C11H18N2O3S. The van der Waals surface area contributed by atoms with Crippen LogP contribution in [0.3, 0.4) is 0 Å². The van der Waals surface area contributed by atoms with Gasteiger partial charge in [0.15, 0.2) is 0 Å². The van der Waals surface area contributed by atoms with Gasteiger partial charge in [0, 0.05) is 13.1 Å². The van der Waals surface area contributed by atoms with Crippen molar-refractivity contribution in [3.05, 3.63) is 29.8 Å². The van der Waals surface area contributed by atoms with E-state index in [0.717, 1.165) is 11.8 Å². The van der Waals surface area contributed by atoms with Crippen molar-refractivity contribution in [3.8, 4) is 5.75 Å². The monoisotopic (exact) mass is 258 g/mol. The Bertz CT molecular complexity index is 460. The molecule has 1 aromatic carbocycles. The smallest absolute Gasteiger partial charge is 0.209 e. The van der Waals surface area contributed by atoms with Crippen LogP contribution in [0.25, 0.3) is 0 Å². The summed E-state index contributed by atoms with van der Waals surface area (Å²) in [6.45, 7) is 2.57. The van der Waals surface area contributed by atoms with Crippen LogP contribution in [0.2, 0.25) is 0 Å². The van der Waals surface area contributed by atoms with Crippen LogP contribution in [0.4, 0.5) is 0 Å². The molecule has 5 nitrogen and oxygen atoms in total. The molecule has 96 valence electrons. The van der Waals surface area contributed by atoms with Crippen LogP contribution >= 0.6 is 0 Å². The fourth-order valence-electron chi connectivity index (χ4n) is 1.22. The van der Waals surface area contributed by atoms with E-state index >= 15 is 0 Å².